The van der Waals surface area contributed by atoms with Crippen LogP contribution in [0, 0.1) is 5.92 Å². The molecule has 2 heterocycles. The highest BCUT2D eigenvalue weighted by Gasteiger charge is 2.46. The number of rotatable bonds is 1. The van der Waals surface area contributed by atoms with Gasteiger partial charge in [-0.25, -0.2) is 0 Å². The molecule has 0 saturated carbocycles. The number of amidine groups is 1. The molecule has 3 N–H and O–H groups in total. The van der Waals surface area contributed by atoms with Crippen molar-refractivity contribution in [3.8, 4) is 0 Å². The molecule has 25 heavy (non-hydrogen) atoms. The Labute approximate surface area is 140 Å². The number of Topliss-reactive ketones (excluding diaryl/α,β-unsaturated/α-hetero) is 1. The Morgan fingerprint density at radius 1 is 1.12 bits per heavy atom. The minimum Gasteiger partial charge on any atom is -0.385 e. The first-order valence-electron chi connectivity index (χ1n) is 7.56. The molecule has 0 radical (unpaired) electrons. The summed E-state index contributed by atoms with van der Waals surface area (Å²) in [5.41, 5.74) is 9.08. The zero-order chi connectivity index (χ0) is 17.8. The number of hydrazone groups is 1. The Morgan fingerprint density at radius 3 is 2.64 bits per heavy atom. The molecule has 2 aromatic carbocycles. The van der Waals surface area contributed by atoms with Gasteiger partial charge in [0.2, 0.25) is 0 Å². The number of ketones is 1. The van der Waals surface area contributed by atoms with Crippen molar-refractivity contribution in [3.63, 3.8) is 0 Å². The lowest BCUT2D eigenvalue weighted by molar-refractivity contribution is -0.137. The van der Waals surface area contributed by atoms with Gasteiger partial charge in [0, 0.05) is 11.3 Å². The van der Waals surface area contributed by atoms with E-state index in [4.69, 9.17) is 5.73 Å². The quantitative estimate of drug-likeness (QED) is 0.833. The summed E-state index contributed by atoms with van der Waals surface area (Å²) < 4.78 is 39.3. The molecular weight excluding hydrogens is 333 g/mol. The molecule has 2 aromatic rings. The molecule has 0 amide bonds. The number of nitrogens with zero attached hydrogens (tertiary/aromatic N) is 2. The van der Waals surface area contributed by atoms with Crippen LogP contribution in [0.1, 0.15) is 15.9 Å². The normalized spacial score (nSPS) is 22.1. The minimum absolute atomic E-state index is 0.126. The Bertz CT molecular complexity index is 893. The number of halogens is 3. The van der Waals surface area contributed by atoms with Crippen molar-refractivity contribution in [3.05, 3.63) is 59.7 Å². The van der Waals surface area contributed by atoms with Gasteiger partial charge in [-0.15, -0.1) is 0 Å². The Kier molecular flexibility index (Phi) is 3.24. The van der Waals surface area contributed by atoms with E-state index in [-0.39, 0.29) is 11.6 Å². The van der Waals surface area contributed by atoms with Gasteiger partial charge >= 0.3 is 6.18 Å². The third-order valence-electron chi connectivity index (χ3n) is 4.40. The van der Waals surface area contributed by atoms with E-state index in [2.05, 4.69) is 10.5 Å². The molecule has 128 valence electrons. The van der Waals surface area contributed by atoms with Crippen LogP contribution >= 0.6 is 0 Å². The molecule has 2 atom stereocenters. The van der Waals surface area contributed by atoms with Gasteiger partial charge in [-0.05, 0) is 30.3 Å². The fraction of sp³-hybridized carbons (Fsp3) is 0.176. The monoisotopic (exact) mass is 346 g/mol. The summed E-state index contributed by atoms with van der Waals surface area (Å²) >= 11 is 0. The largest absolute Gasteiger partial charge is 0.416 e. The summed E-state index contributed by atoms with van der Waals surface area (Å²) in [5, 5.41) is 3.92. The Hall–Kier alpha value is -3.03. The molecule has 2 aliphatic rings. The number of nitrogens with one attached hydrogen (secondary N) is 1. The third-order valence-corrected chi connectivity index (χ3v) is 4.40. The van der Waals surface area contributed by atoms with E-state index in [0.29, 0.717) is 16.9 Å². The second kappa shape index (κ2) is 5.23. The van der Waals surface area contributed by atoms with E-state index in [1.165, 1.54) is 6.07 Å². The van der Waals surface area contributed by atoms with E-state index in [0.717, 1.165) is 12.1 Å². The first-order chi connectivity index (χ1) is 11.9. The number of carbonyl (C=O) groups is 1. The van der Waals surface area contributed by atoms with Gasteiger partial charge in [-0.3, -0.25) is 10.2 Å². The van der Waals surface area contributed by atoms with Gasteiger partial charge in [0.1, 0.15) is 17.9 Å². The molecule has 8 heteroatoms. The van der Waals surface area contributed by atoms with Crippen molar-refractivity contribution < 1.29 is 18.0 Å². The third kappa shape index (κ3) is 2.33. The average Bonchev–Trinajstić information content (AvgIpc) is 2.97. The topological polar surface area (TPSA) is 70.7 Å². The number of carbonyl (C=O) groups excluding carboxylic acids is 1. The molecular formula is C17H13F3N4O. The zero-order valence-electron chi connectivity index (χ0n) is 12.8. The predicted molar refractivity (Wildman–Crippen MR) is 86.4 cm³/mol. The van der Waals surface area contributed by atoms with E-state index in [9.17, 15) is 18.0 Å². The smallest absolute Gasteiger partial charge is 0.385 e. The molecule has 0 saturated heterocycles. The van der Waals surface area contributed by atoms with Gasteiger partial charge in [0.15, 0.2) is 5.78 Å². The van der Waals surface area contributed by atoms with Crippen molar-refractivity contribution in [2.45, 2.75) is 12.3 Å². The van der Waals surface area contributed by atoms with E-state index in [1.54, 1.807) is 35.2 Å². The second-order valence-corrected chi connectivity index (χ2v) is 5.89. The van der Waals surface area contributed by atoms with Crippen LogP contribution < -0.4 is 16.1 Å². The van der Waals surface area contributed by atoms with E-state index >= 15 is 0 Å². The van der Waals surface area contributed by atoms with E-state index in [1.807, 2.05) is 0 Å². The number of nitrogens with two attached hydrogens (primary N) is 1. The molecule has 5 nitrogen and oxygen atoms in total. The van der Waals surface area contributed by atoms with Crippen LogP contribution in [0.2, 0.25) is 0 Å². The number of hydrogen-bond donors (Lipinski definition) is 2. The number of anilines is 2. The van der Waals surface area contributed by atoms with Gasteiger partial charge in [0.25, 0.3) is 0 Å². The highest BCUT2D eigenvalue weighted by Crippen LogP contribution is 2.41. The lowest BCUT2D eigenvalue weighted by Gasteiger charge is -2.39. The van der Waals surface area contributed by atoms with Crippen molar-refractivity contribution in [2.24, 2.45) is 16.8 Å². The highest BCUT2D eigenvalue weighted by atomic mass is 19.4. The van der Waals surface area contributed by atoms with Crippen LogP contribution in [0.3, 0.4) is 0 Å². The minimum atomic E-state index is -4.46. The lowest BCUT2D eigenvalue weighted by atomic mass is 9.87. The first kappa shape index (κ1) is 15.5. The predicted octanol–water partition coefficient (Wildman–Crippen LogP) is 2.86. The van der Waals surface area contributed by atoms with Crippen LogP contribution in [0.4, 0.5) is 24.5 Å². The number of fused-ring (bicyclic) bond motifs is 2. The van der Waals surface area contributed by atoms with Gasteiger partial charge in [-0.2, -0.15) is 18.3 Å². The molecule has 2 aliphatic heterocycles. The molecule has 0 aliphatic carbocycles. The van der Waals surface area contributed by atoms with Crippen LogP contribution in [0.15, 0.2) is 53.6 Å². The maximum Gasteiger partial charge on any atom is 0.416 e. The van der Waals surface area contributed by atoms with Crippen LogP contribution in [-0.2, 0) is 6.18 Å². The van der Waals surface area contributed by atoms with Gasteiger partial charge in [0.05, 0.1) is 11.3 Å². The summed E-state index contributed by atoms with van der Waals surface area (Å²) in [6.45, 7) is 0. The number of benzene rings is 2. The molecule has 0 bridgehead atoms. The first-order valence-corrected chi connectivity index (χ1v) is 7.56. The fourth-order valence-electron chi connectivity index (χ4n) is 3.27. The SMILES string of the molecule is NC1=NNC2C1C(=O)c1ccccc1N2c1cccc(C(F)(F)F)c1. The molecule has 0 fully saturated rings. The molecule has 2 unspecified atom stereocenters. The van der Waals surface area contributed by atoms with Crippen molar-refractivity contribution in [1.82, 2.24) is 5.43 Å². The molecule has 0 spiro atoms. The van der Waals surface area contributed by atoms with Crippen molar-refractivity contribution >= 4 is 23.0 Å². The average molecular weight is 346 g/mol. The maximum absolute atomic E-state index is 13.1. The highest BCUT2D eigenvalue weighted by molar-refractivity contribution is 6.17. The second-order valence-electron chi connectivity index (χ2n) is 5.89. The summed E-state index contributed by atoms with van der Waals surface area (Å²) in [4.78, 5) is 14.3. The summed E-state index contributed by atoms with van der Waals surface area (Å²) in [5.74, 6) is -0.819. The standard InChI is InChI=1S/C17H13F3N4O/c18-17(19,20)9-4-3-5-10(8-9)24-12-7-2-1-6-11(12)14(25)13-15(21)22-23-16(13)24/h1-8,13,16,23H,(H2,21,22). The van der Waals surface area contributed by atoms with Gasteiger partial charge < -0.3 is 10.6 Å². The van der Waals surface area contributed by atoms with Gasteiger partial charge in [-0.1, -0.05) is 18.2 Å². The number of para-hydroxylation sites is 1. The summed E-state index contributed by atoms with van der Waals surface area (Å²) in [7, 11) is 0. The van der Waals surface area contributed by atoms with Crippen LogP contribution in [-0.4, -0.2) is 17.8 Å². The van der Waals surface area contributed by atoms with Crippen LogP contribution in [0.25, 0.3) is 0 Å². The van der Waals surface area contributed by atoms with Crippen LogP contribution in [0.5, 0.6) is 0 Å². The number of hydrogen-bond acceptors (Lipinski definition) is 5. The fourth-order valence-corrected chi connectivity index (χ4v) is 3.27. The van der Waals surface area contributed by atoms with Crippen molar-refractivity contribution in [1.29, 1.82) is 0 Å². The Balaban J connectivity index is 1.89. The number of alkyl halides is 3. The lowest BCUT2D eigenvalue weighted by Crippen LogP contribution is -2.52. The summed E-state index contributed by atoms with van der Waals surface area (Å²) in [6, 6.07) is 11.7. The maximum atomic E-state index is 13.1. The zero-order valence-corrected chi connectivity index (χ0v) is 12.8. The summed E-state index contributed by atoms with van der Waals surface area (Å²) in [6.07, 6.45) is -5.12. The molecule has 4 rings (SSSR count). The van der Waals surface area contributed by atoms with Crippen molar-refractivity contribution in [2.75, 3.05) is 4.90 Å². The Morgan fingerprint density at radius 2 is 1.88 bits per heavy atom. The van der Waals surface area contributed by atoms with E-state index < -0.39 is 23.8 Å². The molecule has 0 aromatic heterocycles.